The maximum absolute atomic E-state index is 10.7. The lowest BCUT2D eigenvalue weighted by Crippen LogP contribution is -2.06. The zero-order valence-electron chi connectivity index (χ0n) is 8.97. The molecule has 0 aliphatic rings. The molecular weight excluding hydrogens is 294 g/mol. The third kappa shape index (κ3) is 3.16. The molecule has 0 bridgehead atoms. The lowest BCUT2D eigenvalue weighted by atomic mass is 10.0. The van der Waals surface area contributed by atoms with Gasteiger partial charge in [-0.05, 0) is 5.56 Å². The highest BCUT2D eigenvalue weighted by atomic mass is 79.9. The van der Waals surface area contributed by atoms with Gasteiger partial charge in [-0.3, -0.25) is 14.9 Å². The van der Waals surface area contributed by atoms with Gasteiger partial charge < -0.3 is 9.84 Å². The van der Waals surface area contributed by atoms with E-state index in [-0.39, 0.29) is 17.9 Å². The minimum atomic E-state index is -1.01. The Hall–Kier alpha value is -1.63. The largest absolute Gasteiger partial charge is 0.496 e. The number of rotatable bonds is 5. The second-order valence-electron chi connectivity index (χ2n) is 3.25. The number of hydrogen-bond acceptors (Lipinski definition) is 4. The zero-order valence-corrected chi connectivity index (χ0v) is 10.6. The van der Waals surface area contributed by atoms with Crippen LogP contribution >= 0.6 is 15.9 Å². The van der Waals surface area contributed by atoms with E-state index in [0.29, 0.717) is 16.5 Å². The quantitative estimate of drug-likeness (QED) is 0.511. The van der Waals surface area contributed by atoms with Crippen LogP contribution in [-0.4, -0.2) is 23.1 Å². The summed E-state index contributed by atoms with van der Waals surface area (Å²) in [5.41, 5.74) is 0.867. The smallest absolute Gasteiger partial charge is 0.307 e. The van der Waals surface area contributed by atoms with E-state index in [0.717, 1.165) is 0 Å². The topological polar surface area (TPSA) is 89.7 Å². The fourth-order valence-electron chi connectivity index (χ4n) is 1.45. The number of aliphatic carboxylic acids is 1. The third-order valence-corrected chi connectivity index (χ3v) is 2.79. The van der Waals surface area contributed by atoms with Crippen LogP contribution in [-0.2, 0) is 16.5 Å². The summed E-state index contributed by atoms with van der Waals surface area (Å²) in [5.74, 6) is -0.796. The second kappa shape index (κ2) is 5.62. The van der Waals surface area contributed by atoms with Gasteiger partial charge in [0.2, 0.25) is 0 Å². The van der Waals surface area contributed by atoms with Crippen molar-refractivity contribution < 1.29 is 19.6 Å². The van der Waals surface area contributed by atoms with E-state index >= 15 is 0 Å². The van der Waals surface area contributed by atoms with Crippen molar-refractivity contribution in [3.63, 3.8) is 0 Å². The first-order valence-electron chi connectivity index (χ1n) is 4.61. The van der Waals surface area contributed by atoms with Crippen LogP contribution in [0.15, 0.2) is 12.1 Å². The Kier molecular flexibility index (Phi) is 4.45. The molecule has 0 atom stereocenters. The summed E-state index contributed by atoms with van der Waals surface area (Å²) in [5, 5.41) is 19.8. The number of halogens is 1. The third-order valence-electron chi connectivity index (χ3n) is 2.19. The van der Waals surface area contributed by atoms with Crippen molar-refractivity contribution in [2.75, 3.05) is 7.11 Å². The van der Waals surface area contributed by atoms with Gasteiger partial charge in [0.25, 0.3) is 5.69 Å². The highest BCUT2D eigenvalue weighted by Crippen LogP contribution is 2.30. The Morgan fingerprint density at radius 3 is 2.65 bits per heavy atom. The molecule has 92 valence electrons. The van der Waals surface area contributed by atoms with E-state index in [1.54, 1.807) is 0 Å². The summed E-state index contributed by atoms with van der Waals surface area (Å²) >= 11 is 3.17. The molecule has 1 aromatic carbocycles. The average molecular weight is 304 g/mol. The highest BCUT2D eigenvalue weighted by Gasteiger charge is 2.18. The number of hydrogen-bond donors (Lipinski definition) is 1. The number of alkyl halides is 1. The van der Waals surface area contributed by atoms with Crippen molar-refractivity contribution in [1.29, 1.82) is 0 Å². The summed E-state index contributed by atoms with van der Waals surface area (Å²) < 4.78 is 4.99. The zero-order chi connectivity index (χ0) is 13.0. The summed E-state index contributed by atoms with van der Waals surface area (Å²) in [6.07, 6.45) is -0.234. The molecule has 0 heterocycles. The van der Waals surface area contributed by atoms with E-state index in [4.69, 9.17) is 9.84 Å². The molecule has 0 spiro atoms. The number of carboxylic acids is 1. The van der Waals surface area contributed by atoms with Gasteiger partial charge in [-0.1, -0.05) is 15.9 Å². The van der Waals surface area contributed by atoms with Gasteiger partial charge in [-0.2, -0.15) is 0 Å². The molecule has 0 fully saturated rings. The SMILES string of the molecule is COc1cc([N+](=O)[O-])cc(CBr)c1CC(=O)O. The lowest BCUT2D eigenvalue weighted by molar-refractivity contribution is -0.385. The number of carboxylic acid groups (broad SMARTS) is 1. The van der Waals surface area contributed by atoms with E-state index < -0.39 is 10.9 Å². The number of non-ortho nitro benzene ring substituents is 1. The molecule has 1 rings (SSSR count). The number of ether oxygens (including phenoxy) is 1. The molecule has 1 aromatic rings. The van der Waals surface area contributed by atoms with Crippen molar-refractivity contribution in [2.24, 2.45) is 0 Å². The Bertz CT molecular complexity index is 435. The monoisotopic (exact) mass is 303 g/mol. The van der Waals surface area contributed by atoms with Crippen molar-refractivity contribution in [2.45, 2.75) is 11.8 Å². The van der Waals surface area contributed by atoms with E-state index in [1.807, 2.05) is 0 Å². The number of nitrogens with zero attached hydrogens (tertiary/aromatic N) is 1. The maximum Gasteiger partial charge on any atom is 0.307 e. The van der Waals surface area contributed by atoms with Gasteiger partial charge in [0.15, 0.2) is 0 Å². The Balaban J connectivity index is 3.35. The molecule has 0 saturated heterocycles. The molecule has 0 aliphatic heterocycles. The fraction of sp³-hybridized carbons (Fsp3) is 0.300. The van der Waals surface area contributed by atoms with Crippen LogP contribution in [0.4, 0.5) is 5.69 Å². The highest BCUT2D eigenvalue weighted by molar-refractivity contribution is 9.08. The van der Waals surface area contributed by atoms with E-state index in [2.05, 4.69) is 15.9 Å². The summed E-state index contributed by atoms with van der Waals surface area (Å²) in [4.78, 5) is 20.9. The molecule has 0 amide bonds. The molecule has 0 unspecified atom stereocenters. The number of nitro groups is 1. The normalized spacial score (nSPS) is 10.0. The second-order valence-corrected chi connectivity index (χ2v) is 3.81. The number of nitro benzene ring substituents is 1. The number of benzene rings is 1. The summed E-state index contributed by atoms with van der Waals surface area (Å²) in [6, 6.07) is 2.57. The molecule has 0 saturated carbocycles. The predicted octanol–water partition coefficient (Wildman–Crippen LogP) is 2.13. The standard InChI is InChI=1S/C10H10BrNO5/c1-17-9-3-7(12(15)16)2-6(5-11)8(9)4-10(13)14/h2-3H,4-5H2,1H3,(H,13,14). The molecule has 6 nitrogen and oxygen atoms in total. The van der Waals surface area contributed by atoms with Crippen LogP contribution < -0.4 is 4.74 Å². The molecule has 17 heavy (non-hydrogen) atoms. The van der Waals surface area contributed by atoms with Crippen LogP contribution in [0.2, 0.25) is 0 Å². The molecule has 7 heteroatoms. The van der Waals surface area contributed by atoms with Crippen LogP contribution in [0, 0.1) is 10.1 Å². The minimum Gasteiger partial charge on any atom is -0.496 e. The minimum absolute atomic E-state index is 0.120. The Labute approximate surface area is 105 Å². The van der Waals surface area contributed by atoms with E-state index in [1.165, 1.54) is 19.2 Å². The van der Waals surface area contributed by atoms with Gasteiger partial charge in [0.1, 0.15) is 5.75 Å². The van der Waals surface area contributed by atoms with Crippen LogP contribution in [0.5, 0.6) is 5.75 Å². The summed E-state index contributed by atoms with van der Waals surface area (Å²) in [6.45, 7) is 0. The van der Waals surface area contributed by atoms with E-state index in [9.17, 15) is 14.9 Å². The van der Waals surface area contributed by atoms with Gasteiger partial charge >= 0.3 is 5.97 Å². The summed E-state index contributed by atoms with van der Waals surface area (Å²) in [7, 11) is 1.35. The molecule has 0 aliphatic carbocycles. The first-order valence-corrected chi connectivity index (χ1v) is 5.73. The van der Waals surface area contributed by atoms with Crippen molar-refractivity contribution in [1.82, 2.24) is 0 Å². The molecule has 1 N–H and O–H groups in total. The van der Waals surface area contributed by atoms with Gasteiger partial charge in [0, 0.05) is 17.0 Å². The van der Waals surface area contributed by atoms with Crippen LogP contribution in [0.25, 0.3) is 0 Å². The van der Waals surface area contributed by atoms with Crippen molar-refractivity contribution in [3.8, 4) is 5.75 Å². The van der Waals surface area contributed by atoms with Crippen LogP contribution in [0.3, 0.4) is 0 Å². The first-order chi connectivity index (χ1) is 7.99. The molecule has 0 radical (unpaired) electrons. The molecular formula is C10H10BrNO5. The lowest BCUT2D eigenvalue weighted by Gasteiger charge is -2.10. The number of methoxy groups -OCH3 is 1. The maximum atomic E-state index is 10.7. The Morgan fingerprint density at radius 2 is 2.24 bits per heavy atom. The average Bonchev–Trinajstić information content (AvgIpc) is 2.28. The van der Waals surface area contributed by atoms with Crippen molar-refractivity contribution >= 4 is 27.6 Å². The van der Waals surface area contributed by atoms with Gasteiger partial charge in [0.05, 0.1) is 24.5 Å². The van der Waals surface area contributed by atoms with Crippen LogP contribution in [0.1, 0.15) is 11.1 Å². The first kappa shape index (κ1) is 13.4. The predicted molar refractivity (Wildman–Crippen MR) is 63.6 cm³/mol. The van der Waals surface area contributed by atoms with Gasteiger partial charge in [-0.25, -0.2) is 0 Å². The Morgan fingerprint density at radius 1 is 1.59 bits per heavy atom. The van der Waals surface area contributed by atoms with Crippen molar-refractivity contribution in [3.05, 3.63) is 33.4 Å². The molecule has 0 aromatic heterocycles. The number of carbonyl (C=O) groups is 1. The fourth-order valence-corrected chi connectivity index (χ4v) is 1.95. The van der Waals surface area contributed by atoms with Gasteiger partial charge in [-0.15, -0.1) is 0 Å².